The number of halogens is 1. The number of benzene rings is 2. The standard InChI is InChI=1S/C17H21FN2/c1-12-5-3-4-6-14(12)9-10-17(20-19)15-8-7-13(2)16(18)11-15/h3-8,11,17,20H,9-10,19H2,1-2H3. The normalized spacial score (nSPS) is 12.4. The molecule has 106 valence electrons. The van der Waals surface area contributed by atoms with Gasteiger partial charge in [0.25, 0.3) is 0 Å². The highest BCUT2D eigenvalue weighted by atomic mass is 19.1. The topological polar surface area (TPSA) is 38.0 Å². The fraction of sp³-hybridized carbons (Fsp3) is 0.294. The molecule has 0 amide bonds. The Balaban J connectivity index is 2.09. The first-order chi connectivity index (χ1) is 9.61. The van der Waals surface area contributed by atoms with Crippen LogP contribution in [-0.4, -0.2) is 0 Å². The van der Waals surface area contributed by atoms with Crippen LogP contribution in [0.1, 0.15) is 34.7 Å². The molecule has 1 atom stereocenters. The number of nitrogens with two attached hydrogens (primary N) is 1. The maximum atomic E-state index is 13.6. The Hall–Kier alpha value is -1.71. The second kappa shape index (κ2) is 6.64. The number of hydrogen-bond donors (Lipinski definition) is 2. The van der Waals surface area contributed by atoms with Gasteiger partial charge in [0.1, 0.15) is 5.82 Å². The van der Waals surface area contributed by atoms with Crippen molar-refractivity contribution in [3.05, 3.63) is 70.5 Å². The van der Waals surface area contributed by atoms with Crippen LogP contribution in [0.4, 0.5) is 4.39 Å². The zero-order valence-corrected chi connectivity index (χ0v) is 12.0. The third-order valence-electron chi connectivity index (χ3n) is 3.76. The monoisotopic (exact) mass is 272 g/mol. The van der Waals surface area contributed by atoms with Crippen LogP contribution >= 0.6 is 0 Å². The SMILES string of the molecule is Cc1ccc(C(CCc2ccccc2C)NN)cc1F. The van der Waals surface area contributed by atoms with Gasteiger partial charge in [-0.2, -0.15) is 0 Å². The van der Waals surface area contributed by atoms with Gasteiger partial charge in [-0.3, -0.25) is 11.3 Å². The molecule has 0 saturated carbocycles. The smallest absolute Gasteiger partial charge is 0.126 e. The molecular formula is C17H21FN2. The quantitative estimate of drug-likeness (QED) is 0.645. The summed E-state index contributed by atoms with van der Waals surface area (Å²) in [6, 6.07) is 13.6. The number of aryl methyl sites for hydroxylation is 3. The van der Waals surface area contributed by atoms with Crippen molar-refractivity contribution < 1.29 is 4.39 Å². The van der Waals surface area contributed by atoms with Gasteiger partial charge in [-0.1, -0.05) is 36.4 Å². The van der Waals surface area contributed by atoms with Gasteiger partial charge < -0.3 is 0 Å². The summed E-state index contributed by atoms with van der Waals surface area (Å²) in [4.78, 5) is 0. The van der Waals surface area contributed by atoms with Gasteiger partial charge in [0.05, 0.1) is 0 Å². The van der Waals surface area contributed by atoms with Crippen molar-refractivity contribution in [1.82, 2.24) is 5.43 Å². The second-order valence-corrected chi connectivity index (χ2v) is 5.19. The van der Waals surface area contributed by atoms with E-state index in [9.17, 15) is 4.39 Å². The summed E-state index contributed by atoms with van der Waals surface area (Å²) >= 11 is 0. The van der Waals surface area contributed by atoms with Crippen LogP contribution in [0.3, 0.4) is 0 Å². The highest BCUT2D eigenvalue weighted by Gasteiger charge is 2.12. The molecule has 0 saturated heterocycles. The molecule has 2 aromatic carbocycles. The average Bonchev–Trinajstić information content (AvgIpc) is 2.45. The lowest BCUT2D eigenvalue weighted by atomic mass is 9.96. The van der Waals surface area contributed by atoms with E-state index in [1.165, 1.54) is 11.1 Å². The second-order valence-electron chi connectivity index (χ2n) is 5.19. The minimum atomic E-state index is -0.182. The summed E-state index contributed by atoms with van der Waals surface area (Å²) in [7, 11) is 0. The molecule has 0 radical (unpaired) electrons. The van der Waals surface area contributed by atoms with Gasteiger partial charge in [0.2, 0.25) is 0 Å². The molecular weight excluding hydrogens is 251 g/mol. The zero-order valence-electron chi connectivity index (χ0n) is 12.0. The fourth-order valence-electron chi connectivity index (χ4n) is 2.36. The average molecular weight is 272 g/mol. The van der Waals surface area contributed by atoms with Crippen molar-refractivity contribution in [2.24, 2.45) is 5.84 Å². The lowest BCUT2D eigenvalue weighted by Gasteiger charge is -2.17. The van der Waals surface area contributed by atoms with E-state index in [1.807, 2.05) is 18.2 Å². The van der Waals surface area contributed by atoms with Crippen LogP contribution in [-0.2, 0) is 6.42 Å². The summed E-state index contributed by atoms with van der Waals surface area (Å²) in [6.07, 6.45) is 1.75. The lowest BCUT2D eigenvalue weighted by Crippen LogP contribution is -2.28. The summed E-state index contributed by atoms with van der Waals surface area (Å²) in [5, 5.41) is 0. The predicted octanol–water partition coefficient (Wildman–Crippen LogP) is 3.58. The summed E-state index contributed by atoms with van der Waals surface area (Å²) in [5.41, 5.74) is 6.92. The van der Waals surface area contributed by atoms with Crippen LogP contribution in [0.2, 0.25) is 0 Å². The van der Waals surface area contributed by atoms with Crippen LogP contribution in [0.25, 0.3) is 0 Å². The molecule has 3 heteroatoms. The molecule has 0 aliphatic carbocycles. The first-order valence-corrected chi connectivity index (χ1v) is 6.88. The molecule has 0 aliphatic rings. The van der Waals surface area contributed by atoms with Gasteiger partial charge >= 0.3 is 0 Å². The molecule has 0 fully saturated rings. The highest BCUT2D eigenvalue weighted by molar-refractivity contribution is 5.28. The molecule has 0 bridgehead atoms. The minimum Gasteiger partial charge on any atom is -0.271 e. The first-order valence-electron chi connectivity index (χ1n) is 6.88. The van der Waals surface area contributed by atoms with E-state index in [2.05, 4.69) is 24.5 Å². The molecule has 0 aliphatic heterocycles. The summed E-state index contributed by atoms with van der Waals surface area (Å²) in [6.45, 7) is 3.86. The molecule has 2 rings (SSSR count). The molecule has 0 heterocycles. The number of hydrazine groups is 1. The van der Waals surface area contributed by atoms with Crippen LogP contribution in [0, 0.1) is 19.7 Å². The molecule has 2 nitrogen and oxygen atoms in total. The van der Waals surface area contributed by atoms with Crippen molar-refractivity contribution in [1.29, 1.82) is 0 Å². The summed E-state index contributed by atoms with van der Waals surface area (Å²) in [5.74, 6) is 5.44. The maximum absolute atomic E-state index is 13.6. The third kappa shape index (κ3) is 3.44. The Bertz CT molecular complexity index is 581. The highest BCUT2D eigenvalue weighted by Crippen LogP contribution is 2.21. The van der Waals surface area contributed by atoms with E-state index in [-0.39, 0.29) is 11.9 Å². The maximum Gasteiger partial charge on any atom is 0.126 e. The molecule has 2 aromatic rings. The van der Waals surface area contributed by atoms with E-state index < -0.39 is 0 Å². The Morgan fingerprint density at radius 1 is 1.10 bits per heavy atom. The van der Waals surface area contributed by atoms with E-state index in [0.29, 0.717) is 5.56 Å². The fourth-order valence-corrected chi connectivity index (χ4v) is 2.36. The summed E-state index contributed by atoms with van der Waals surface area (Å²) < 4.78 is 13.6. The van der Waals surface area contributed by atoms with Crippen molar-refractivity contribution in [2.75, 3.05) is 0 Å². The van der Waals surface area contributed by atoms with E-state index in [0.717, 1.165) is 18.4 Å². The Morgan fingerprint density at radius 2 is 1.85 bits per heavy atom. The Kier molecular flexibility index (Phi) is 4.88. The van der Waals surface area contributed by atoms with E-state index >= 15 is 0 Å². The van der Waals surface area contributed by atoms with Crippen LogP contribution in [0.5, 0.6) is 0 Å². The predicted molar refractivity (Wildman–Crippen MR) is 80.7 cm³/mol. The van der Waals surface area contributed by atoms with Crippen LogP contribution in [0.15, 0.2) is 42.5 Å². The Labute approximate surface area is 119 Å². The van der Waals surface area contributed by atoms with Crippen molar-refractivity contribution in [2.45, 2.75) is 32.7 Å². The molecule has 20 heavy (non-hydrogen) atoms. The Morgan fingerprint density at radius 3 is 2.50 bits per heavy atom. The molecule has 1 unspecified atom stereocenters. The molecule has 0 aromatic heterocycles. The molecule has 0 spiro atoms. The minimum absolute atomic E-state index is 0.0373. The van der Waals surface area contributed by atoms with Gasteiger partial charge in [-0.15, -0.1) is 0 Å². The molecule has 3 N–H and O–H groups in total. The van der Waals surface area contributed by atoms with Crippen molar-refractivity contribution in [3.63, 3.8) is 0 Å². The van der Waals surface area contributed by atoms with Gasteiger partial charge in [-0.05, 0) is 55.0 Å². The van der Waals surface area contributed by atoms with Gasteiger partial charge in [0.15, 0.2) is 0 Å². The van der Waals surface area contributed by atoms with Crippen molar-refractivity contribution in [3.8, 4) is 0 Å². The zero-order chi connectivity index (χ0) is 14.5. The first kappa shape index (κ1) is 14.7. The number of rotatable bonds is 5. The lowest BCUT2D eigenvalue weighted by molar-refractivity contribution is 0.510. The number of nitrogens with one attached hydrogen (secondary N) is 1. The largest absolute Gasteiger partial charge is 0.271 e. The van der Waals surface area contributed by atoms with Crippen LogP contribution < -0.4 is 11.3 Å². The third-order valence-corrected chi connectivity index (χ3v) is 3.76. The number of hydrogen-bond acceptors (Lipinski definition) is 2. The van der Waals surface area contributed by atoms with Gasteiger partial charge in [0, 0.05) is 6.04 Å². The van der Waals surface area contributed by atoms with E-state index in [4.69, 9.17) is 5.84 Å². The van der Waals surface area contributed by atoms with Crippen molar-refractivity contribution >= 4 is 0 Å². The van der Waals surface area contributed by atoms with Gasteiger partial charge in [-0.25, -0.2) is 4.39 Å². The van der Waals surface area contributed by atoms with E-state index in [1.54, 1.807) is 19.1 Å².